The SMILES string of the molecule is Cn1ncc2cc(Oc3ccccc3F)c(-c3cn[nH]c3)cc21. The number of aromatic nitrogens is 4. The number of aryl methyl sites for hydroxylation is 1. The summed E-state index contributed by atoms with van der Waals surface area (Å²) in [5.74, 6) is 0.328. The van der Waals surface area contributed by atoms with Crippen LogP contribution in [-0.2, 0) is 7.05 Å². The minimum atomic E-state index is -0.406. The molecule has 0 saturated heterocycles. The summed E-state index contributed by atoms with van der Waals surface area (Å²) >= 11 is 0. The molecule has 0 radical (unpaired) electrons. The normalized spacial score (nSPS) is 11.0. The molecule has 6 heteroatoms. The van der Waals surface area contributed by atoms with E-state index in [0.717, 1.165) is 22.0 Å². The van der Waals surface area contributed by atoms with Gasteiger partial charge in [-0.05, 0) is 24.3 Å². The average molecular weight is 308 g/mol. The zero-order valence-electron chi connectivity index (χ0n) is 12.3. The fourth-order valence-electron chi connectivity index (χ4n) is 2.53. The first kappa shape index (κ1) is 13.5. The largest absolute Gasteiger partial charge is 0.454 e. The second kappa shape index (κ2) is 5.24. The zero-order valence-corrected chi connectivity index (χ0v) is 12.3. The molecule has 0 aliphatic carbocycles. The van der Waals surface area contributed by atoms with Gasteiger partial charge in [0.15, 0.2) is 11.6 Å². The number of benzene rings is 2. The van der Waals surface area contributed by atoms with Crippen molar-refractivity contribution in [2.45, 2.75) is 0 Å². The standard InChI is InChI=1S/C17H13FN4O/c1-22-15-7-13(12-8-19-20-9-12)17(6-11(15)10-21-22)23-16-5-3-2-4-14(16)18/h2-10H,1H3,(H,19,20). The van der Waals surface area contributed by atoms with E-state index in [4.69, 9.17) is 4.74 Å². The van der Waals surface area contributed by atoms with Crippen molar-refractivity contribution in [3.8, 4) is 22.6 Å². The molecule has 5 nitrogen and oxygen atoms in total. The molecule has 2 aromatic carbocycles. The minimum Gasteiger partial charge on any atom is -0.454 e. The van der Waals surface area contributed by atoms with E-state index in [0.29, 0.717) is 5.75 Å². The number of halogens is 1. The number of ether oxygens (including phenoxy) is 1. The summed E-state index contributed by atoms with van der Waals surface area (Å²) in [4.78, 5) is 0. The Morgan fingerprint density at radius 3 is 2.78 bits per heavy atom. The molecule has 0 bridgehead atoms. The Balaban J connectivity index is 1.90. The summed E-state index contributed by atoms with van der Waals surface area (Å²) in [5.41, 5.74) is 2.64. The first-order valence-electron chi connectivity index (χ1n) is 7.09. The molecule has 4 rings (SSSR count). The van der Waals surface area contributed by atoms with Gasteiger partial charge in [-0.25, -0.2) is 4.39 Å². The Morgan fingerprint density at radius 2 is 2.00 bits per heavy atom. The van der Waals surface area contributed by atoms with Crippen LogP contribution in [-0.4, -0.2) is 20.0 Å². The van der Waals surface area contributed by atoms with Crippen molar-refractivity contribution in [1.82, 2.24) is 20.0 Å². The van der Waals surface area contributed by atoms with Crippen LogP contribution in [0.5, 0.6) is 11.5 Å². The van der Waals surface area contributed by atoms with Crippen molar-refractivity contribution in [3.63, 3.8) is 0 Å². The van der Waals surface area contributed by atoms with Crippen molar-refractivity contribution in [3.05, 3.63) is 60.8 Å². The average Bonchev–Trinajstić information content (AvgIpc) is 3.19. The first-order valence-corrected chi connectivity index (χ1v) is 7.09. The molecule has 0 spiro atoms. The Hall–Kier alpha value is -3.15. The summed E-state index contributed by atoms with van der Waals surface area (Å²) in [6.07, 6.45) is 5.22. The Morgan fingerprint density at radius 1 is 1.13 bits per heavy atom. The highest BCUT2D eigenvalue weighted by Crippen LogP contribution is 2.37. The fraction of sp³-hybridized carbons (Fsp3) is 0.0588. The van der Waals surface area contributed by atoms with Gasteiger partial charge in [0.05, 0.1) is 17.9 Å². The highest BCUT2D eigenvalue weighted by Gasteiger charge is 2.14. The van der Waals surface area contributed by atoms with Gasteiger partial charge in [0.25, 0.3) is 0 Å². The van der Waals surface area contributed by atoms with E-state index in [9.17, 15) is 4.39 Å². The van der Waals surface area contributed by atoms with Gasteiger partial charge in [-0.1, -0.05) is 12.1 Å². The lowest BCUT2D eigenvalue weighted by Crippen LogP contribution is -1.93. The van der Waals surface area contributed by atoms with Crippen LogP contribution in [0.2, 0.25) is 0 Å². The summed E-state index contributed by atoms with van der Waals surface area (Å²) in [7, 11) is 1.87. The van der Waals surface area contributed by atoms with Crippen LogP contribution in [0.25, 0.3) is 22.0 Å². The van der Waals surface area contributed by atoms with E-state index in [2.05, 4.69) is 15.3 Å². The molecule has 23 heavy (non-hydrogen) atoms. The lowest BCUT2D eigenvalue weighted by atomic mass is 10.1. The number of para-hydroxylation sites is 1. The van der Waals surface area contributed by atoms with Crippen molar-refractivity contribution in [1.29, 1.82) is 0 Å². The molecular formula is C17H13FN4O. The maximum Gasteiger partial charge on any atom is 0.165 e. The smallest absolute Gasteiger partial charge is 0.165 e. The maximum atomic E-state index is 13.9. The van der Waals surface area contributed by atoms with Gasteiger partial charge >= 0.3 is 0 Å². The number of H-pyrrole nitrogens is 1. The highest BCUT2D eigenvalue weighted by molar-refractivity contribution is 5.88. The summed E-state index contributed by atoms with van der Waals surface area (Å²) in [6, 6.07) is 10.2. The Bertz CT molecular complexity index is 976. The molecule has 0 aliphatic heterocycles. The quantitative estimate of drug-likeness (QED) is 0.624. The van der Waals surface area contributed by atoms with Crippen LogP contribution in [0.4, 0.5) is 4.39 Å². The fourth-order valence-corrected chi connectivity index (χ4v) is 2.53. The van der Waals surface area contributed by atoms with Gasteiger partial charge in [-0.2, -0.15) is 10.2 Å². The topological polar surface area (TPSA) is 55.7 Å². The molecule has 4 aromatic rings. The third-order valence-corrected chi connectivity index (χ3v) is 3.71. The van der Waals surface area contributed by atoms with E-state index >= 15 is 0 Å². The van der Waals surface area contributed by atoms with Crippen LogP contribution < -0.4 is 4.74 Å². The van der Waals surface area contributed by atoms with Crippen molar-refractivity contribution >= 4 is 10.9 Å². The maximum absolute atomic E-state index is 13.9. The third-order valence-electron chi connectivity index (χ3n) is 3.71. The lowest BCUT2D eigenvalue weighted by Gasteiger charge is -2.11. The van der Waals surface area contributed by atoms with Gasteiger partial charge in [0.2, 0.25) is 0 Å². The summed E-state index contributed by atoms with van der Waals surface area (Å²) < 4.78 is 21.5. The van der Waals surface area contributed by atoms with E-state index in [-0.39, 0.29) is 5.75 Å². The lowest BCUT2D eigenvalue weighted by molar-refractivity contribution is 0.444. The second-order valence-corrected chi connectivity index (χ2v) is 5.19. The molecule has 2 heterocycles. The minimum absolute atomic E-state index is 0.181. The number of hydrogen-bond donors (Lipinski definition) is 1. The third kappa shape index (κ3) is 2.34. The van der Waals surface area contributed by atoms with Crippen molar-refractivity contribution < 1.29 is 9.13 Å². The highest BCUT2D eigenvalue weighted by atomic mass is 19.1. The summed E-state index contributed by atoms with van der Waals surface area (Å²) in [6.45, 7) is 0. The van der Waals surface area contributed by atoms with Crippen molar-refractivity contribution in [2.75, 3.05) is 0 Å². The van der Waals surface area contributed by atoms with Crippen LogP contribution >= 0.6 is 0 Å². The van der Waals surface area contributed by atoms with Gasteiger partial charge in [0, 0.05) is 29.8 Å². The van der Waals surface area contributed by atoms with Gasteiger partial charge < -0.3 is 4.74 Å². The molecule has 0 aliphatic rings. The molecular weight excluding hydrogens is 295 g/mol. The summed E-state index contributed by atoms with van der Waals surface area (Å²) in [5, 5.41) is 11.9. The number of nitrogens with zero attached hydrogens (tertiary/aromatic N) is 3. The number of fused-ring (bicyclic) bond motifs is 1. The van der Waals surface area contributed by atoms with Crippen LogP contribution in [0, 0.1) is 5.82 Å². The van der Waals surface area contributed by atoms with Gasteiger partial charge in [-0.15, -0.1) is 0 Å². The zero-order chi connectivity index (χ0) is 15.8. The van der Waals surface area contributed by atoms with Crippen molar-refractivity contribution in [2.24, 2.45) is 7.05 Å². The molecule has 0 unspecified atom stereocenters. The van der Waals surface area contributed by atoms with Crippen LogP contribution in [0.3, 0.4) is 0 Å². The van der Waals surface area contributed by atoms with E-state index in [1.54, 1.807) is 41.5 Å². The van der Waals surface area contributed by atoms with Gasteiger partial charge in [-0.3, -0.25) is 9.78 Å². The molecule has 0 atom stereocenters. The number of rotatable bonds is 3. The molecule has 1 N–H and O–H groups in total. The molecule has 0 fully saturated rings. The van der Waals surface area contributed by atoms with E-state index in [1.165, 1.54) is 6.07 Å². The van der Waals surface area contributed by atoms with Crippen LogP contribution in [0.15, 0.2) is 55.0 Å². The number of aromatic amines is 1. The Kier molecular flexibility index (Phi) is 3.08. The van der Waals surface area contributed by atoms with E-state index < -0.39 is 5.82 Å². The molecule has 2 aromatic heterocycles. The Labute approximate surface area is 131 Å². The first-order chi connectivity index (χ1) is 11.2. The molecule has 0 saturated carbocycles. The van der Waals surface area contributed by atoms with Gasteiger partial charge in [0.1, 0.15) is 5.75 Å². The van der Waals surface area contributed by atoms with E-state index in [1.807, 2.05) is 19.2 Å². The second-order valence-electron chi connectivity index (χ2n) is 5.19. The molecule has 0 amide bonds. The monoisotopic (exact) mass is 308 g/mol. The number of nitrogens with one attached hydrogen (secondary N) is 1. The number of hydrogen-bond acceptors (Lipinski definition) is 3. The predicted octanol–water partition coefficient (Wildman–Crippen LogP) is 3.89. The van der Waals surface area contributed by atoms with Crippen LogP contribution in [0.1, 0.15) is 0 Å². The molecule has 114 valence electrons. The predicted molar refractivity (Wildman–Crippen MR) is 84.8 cm³/mol.